The quantitative estimate of drug-likeness (QED) is 0.835. The van der Waals surface area contributed by atoms with E-state index in [1.54, 1.807) is 6.08 Å². The molecule has 0 atom stereocenters. The number of nitrogens with two attached hydrogens (primary N) is 2. The number of allylic oxidation sites excluding steroid dienone is 1. The van der Waals surface area contributed by atoms with E-state index in [9.17, 15) is 4.39 Å². The summed E-state index contributed by atoms with van der Waals surface area (Å²) in [6.07, 6.45) is 1.75. The number of rotatable bonds is 3. The van der Waals surface area contributed by atoms with Gasteiger partial charge >= 0.3 is 0 Å². The van der Waals surface area contributed by atoms with Gasteiger partial charge in [0.05, 0.1) is 16.4 Å². The van der Waals surface area contributed by atoms with Gasteiger partial charge in [0.25, 0.3) is 0 Å². The molecule has 1 rings (SSSR count). The lowest BCUT2D eigenvalue weighted by Crippen LogP contribution is -2.21. The van der Waals surface area contributed by atoms with Crippen molar-refractivity contribution in [1.29, 1.82) is 0 Å². The Balaban J connectivity index is 3.09. The van der Waals surface area contributed by atoms with Crippen LogP contribution < -0.4 is 11.5 Å². The highest BCUT2D eigenvalue weighted by molar-refractivity contribution is 6.31. The molecule has 104 valence electrons. The fraction of sp³-hybridized carbons (Fsp3) is 0.357. The predicted octanol–water partition coefficient (Wildman–Crippen LogP) is 3.40. The van der Waals surface area contributed by atoms with E-state index >= 15 is 0 Å². The van der Waals surface area contributed by atoms with Crippen molar-refractivity contribution in [2.45, 2.75) is 20.8 Å². The smallest absolute Gasteiger partial charge is 0.141 e. The van der Waals surface area contributed by atoms with E-state index in [0.717, 1.165) is 0 Å². The standard InChI is InChI=1S/C14H19ClFN3/c1-14(2,3)13(18)7-10(8-17)19-9-4-5-12(16)11(15)6-9/h4-7H,8,17-18H2,1-3H3. The Morgan fingerprint density at radius 2 is 2.05 bits per heavy atom. The van der Waals surface area contributed by atoms with Crippen LogP contribution in [0, 0.1) is 11.2 Å². The largest absolute Gasteiger partial charge is 0.402 e. The molecule has 0 saturated carbocycles. The molecule has 4 N–H and O–H groups in total. The first-order valence-electron chi connectivity index (χ1n) is 5.94. The Morgan fingerprint density at radius 1 is 1.42 bits per heavy atom. The Labute approximate surface area is 118 Å². The summed E-state index contributed by atoms with van der Waals surface area (Å²) in [6, 6.07) is 4.26. The van der Waals surface area contributed by atoms with E-state index in [0.29, 0.717) is 17.1 Å². The van der Waals surface area contributed by atoms with Crippen molar-refractivity contribution >= 4 is 23.0 Å². The zero-order chi connectivity index (χ0) is 14.6. The summed E-state index contributed by atoms with van der Waals surface area (Å²) < 4.78 is 13.0. The molecule has 0 spiro atoms. The number of benzene rings is 1. The van der Waals surface area contributed by atoms with Crippen LogP contribution in [0.2, 0.25) is 5.02 Å². The molecule has 0 saturated heterocycles. The third-order valence-electron chi connectivity index (χ3n) is 2.57. The number of hydrogen-bond acceptors (Lipinski definition) is 3. The predicted molar refractivity (Wildman–Crippen MR) is 79.3 cm³/mol. The number of hydrogen-bond donors (Lipinski definition) is 2. The Kier molecular flexibility index (Phi) is 5.09. The molecular weight excluding hydrogens is 265 g/mol. The van der Waals surface area contributed by atoms with Crippen LogP contribution in [0.4, 0.5) is 10.1 Å². The van der Waals surface area contributed by atoms with Crippen LogP contribution in [0.15, 0.2) is 35.0 Å². The summed E-state index contributed by atoms with van der Waals surface area (Å²) in [5.41, 5.74) is 13.3. The molecule has 0 amide bonds. The highest BCUT2D eigenvalue weighted by Gasteiger charge is 2.14. The first kappa shape index (κ1) is 15.7. The Morgan fingerprint density at radius 3 is 2.53 bits per heavy atom. The molecule has 0 unspecified atom stereocenters. The second-order valence-corrected chi connectivity index (χ2v) is 5.66. The Bertz CT molecular complexity index is 516. The van der Waals surface area contributed by atoms with Gasteiger partial charge in [0.15, 0.2) is 0 Å². The molecule has 0 heterocycles. The molecule has 0 aliphatic carbocycles. The second kappa shape index (κ2) is 6.17. The number of aliphatic imine (C=N–C) groups is 1. The fourth-order valence-electron chi connectivity index (χ4n) is 1.25. The van der Waals surface area contributed by atoms with E-state index in [1.807, 2.05) is 20.8 Å². The summed E-state index contributed by atoms with van der Waals surface area (Å²) in [6.45, 7) is 6.25. The van der Waals surface area contributed by atoms with E-state index in [-0.39, 0.29) is 17.0 Å². The average molecular weight is 284 g/mol. The lowest BCUT2D eigenvalue weighted by Gasteiger charge is -2.19. The van der Waals surface area contributed by atoms with Crippen LogP contribution in [-0.2, 0) is 0 Å². The van der Waals surface area contributed by atoms with Gasteiger partial charge in [0, 0.05) is 17.7 Å². The van der Waals surface area contributed by atoms with Crippen molar-refractivity contribution in [3.8, 4) is 0 Å². The maximum atomic E-state index is 13.0. The highest BCUT2D eigenvalue weighted by atomic mass is 35.5. The summed E-state index contributed by atoms with van der Waals surface area (Å²) >= 11 is 5.70. The maximum Gasteiger partial charge on any atom is 0.141 e. The van der Waals surface area contributed by atoms with Gasteiger partial charge in [-0.05, 0) is 24.3 Å². The van der Waals surface area contributed by atoms with Gasteiger partial charge in [0.1, 0.15) is 5.82 Å². The summed E-state index contributed by atoms with van der Waals surface area (Å²) in [5, 5.41) is 0.0328. The van der Waals surface area contributed by atoms with E-state index in [1.165, 1.54) is 18.2 Å². The third-order valence-corrected chi connectivity index (χ3v) is 2.86. The first-order valence-corrected chi connectivity index (χ1v) is 6.32. The molecular formula is C14H19ClFN3. The number of halogens is 2. The monoisotopic (exact) mass is 283 g/mol. The van der Waals surface area contributed by atoms with Gasteiger partial charge in [-0.1, -0.05) is 32.4 Å². The summed E-state index contributed by atoms with van der Waals surface area (Å²) in [7, 11) is 0. The maximum absolute atomic E-state index is 13.0. The van der Waals surface area contributed by atoms with Crippen LogP contribution in [-0.4, -0.2) is 12.3 Å². The molecule has 5 heteroatoms. The van der Waals surface area contributed by atoms with Crippen LogP contribution in [0.3, 0.4) is 0 Å². The van der Waals surface area contributed by atoms with Crippen LogP contribution in [0.5, 0.6) is 0 Å². The molecule has 1 aromatic carbocycles. The van der Waals surface area contributed by atoms with Crippen molar-refractivity contribution in [1.82, 2.24) is 0 Å². The molecule has 1 aromatic rings. The molecule has 3 nitrogen and oxygen atoms in total. The normalized spacial score (nSPS) is 13.8. The van der Waals surface area contributed by atoms with Gasteiger partial charge in [-0.15, -0.1) is 0 Å². The van der Waals surface area contributed by atoms with Crippen LogP contribution in [0.25, 0.3) is 0 Å². The number of nitrogens with zero attached hydrogens (tertiary/aromatic N) is 1. The van der Waals surface area contributed by atoms with Crippen LogP contribution >= 0.6 is 11.6 Å². The molecule has 0 aliphatic rings. The minimum atomic E-state index is -0.473. The fourth-order valence-corrected chi connectivity index (χ4v) is 1.43. The van der Waals surface area contributed by atoms with Crippen molar-refractivity contribution < 1.29 is 4.39 Å². The minimum Gasteiger partial charge on any atom is -0.402 e. The molecule has 0 aromatic heterocycles. The minimum absolute atomic E-state index is 0.0328. The first-order chi connectivity index (χ1) is 8.74. The summed E-state index contributed by atoms with van der Waals surface area (Å²) in [4.78, 5) is 4.32. The van der Waals surface area contributed by atoms with Gasteiger partial charge in [-0.3, -0.25) is 4.99 Å². The molecule has 0 fully saturated rings. The van der Waals surface area contributed by atoms with Crippen molar-refractivity contribution in [2.75, 3.05) is 6.54 Å². The zero-order valence-corrected chi connectivity index (χ0v) is 12.1. The van der Waals surface area contributed by atoms with Gasteiger partial charge in [-0.25, -0.2) is 4.39 Å². The van der Waals surface area contributed by atoms with Gasteiger partial charge in [-0.2, -0.15) is 0 Å². The topological polar surface area (TPSA) is 64.4 Å². The van der Waals surface area contributed by atoms with E-state index in [2.05, 4.69) is 4.99 Å². The molecule has 0 bridgehead atoms. The SMILES string of the molecule is CC(C)(C)C(N)=CC(CN)=Nc1ccc(F)c(Cl)c1. The van der Waals surface area contributed by atoms with E-state index < -0.39 is 5.82 Å². The lowest BCUT2D eigenvalue weighted by molar-refractivity contribution is 0.498. The summed E-state index contributed by atoms with van der Waals surface area (Å²) in [5.74, 6) is -0.473. The van der Waals surface area contributed by atoms with Gasteiger partial charge < -0.3 is 11.5 Å². The van der Waals surface area contributed by atoms with Crippen molar-refractivity contribution in [3.63, 3.8) is 0 Å². The molecule has 0 radical (unpaired) electrons. The van der Waals surface area contributed by atoms with Crippen molar-refractivity contribution in [3.05, 3.63) is 40.8 Å². The molecule has 19 heavy (non-hydrogen) atoms. The third kappa shape index (κ3) is 4.65. The van der Waals surface area contributed by atoms with Gasteiger partial charge in [0.2, 0.25) is 0 Å². The van der Waals surface area contributed by atoms with Crippen molar-refractivity contribution in [2.24, 2.45) is 21.9 Å². The lowest BCUT2D eigenvalue weighted by atomic mass is 9.91. The average Bonchev–Trinajstić information content (AvgIpc) is 2.31. The zero-order valence-electron chi connectivity index (χ0n) is 11.4. The van der Waals surface area contributed by atoms with Crippen LogP contribution in [0.1, 0.15) is 20.8 Å². The molecule has 0 aliphatic heterocycles. The van der Waals surface area contributed by atoms with E-state index in [4.69, 9.17) is 23.1 Å². The highest BCUT2D eigenvalue weighted by Crippen LogP contribution is 2.23. The Hall–Kier alpha value is -1.39. The second-order valence-electron chi connectivity index (χ2n) is 5.26.